The number of pyridine rings is 1. The molecule has 3 aromatic rings. The van der Waals surface area contributed by atoms with E-state index in [-0.39, 0.29) is 16.8 Å². The summed E-state index contributed by atoms with van der Waals surface area (Å²) in [6, 6.07) is 7.83. The van der Waals surface area contributed by atoms with Crippen LogP contribution in [-0.4, -0.2) is 10.1 Å². The van der Waals surface area contributed by atoms with Crippen LogP contribution >= 0.6 is 0 Å². The van der Waals surface area contributed by atoms with Gasteiger partial charge in [0, 0.05) is 11.5 Å². The third-order valence-electron chi connectivity index (χ3n) is 3.41. The predicted octanol–water partition coefficient (Wildman–Crippen LogP) is 4.82. The third kappa shape index (κ3) is 3.53. The SMILES string of the molecule is OCc1cc(F)c(Oc2ccc3ccc(C(F)(F)F)nc3c2)c(F)c1. The van der Waals surface area contributed by atoms with Crippen molar-refractivity contribution in [1.29, 1.82) is 0 Å². The minimum Gasteiger partial charge on any atom is -0.451 e. The minimum atomic E-state index is -4.61. The number of halogens is 5. The number of aliphatic hydroxyl groups is 1. The first kappa shape index (κ1) is 17.1. The number of benzene rings is 2. The Balaban J connectivity index is 2.00. The molecule has 25 heavy (non-hydrogen) atoms. The molecule has 8 heteroatoms. The zero-order valence-corrected chi connectivity index (χ0v) is 12.4. The van der Waals surface area contributed by atoms with Crippen molar-refractivity contribution in [3.8, 4) is 11.5 Å². The van der Waals surface area contributed by atoms with Crippen molar-refractivity contribution in [1.82, 2.24) is 4.98 Å². The Morgan fingerprint density at radius 2 is 1.60 bits per heavy atom. The van der Waals surface area contributed by atoms with Gasteiger partial charge in [-0.25, -0.2) is 13.8 Å². The first-order valence-corrected chi connectivity index (χ1v) is 7.02. The Kier molecular flexibility index (Phi) is 4.30. The highest BCUT2D eigenvalue weighted by Crippen LogP contribution is 2.32. The van der Waals surface area contributed by atoms with Gasteiger partial charge in [0.1, 0.15) is 11.4 Å². The number of fused-ring (bicyclic) bond motifs is 1. The Bertz CT molecular complexity index is 917. The topological polar surface area (TPSA) is 42.4 Å². The summed E-state index contributed by atoms with van der Waals surface area (Å²) in [5.74, 6) is -2.88. The van der Waals surface area contributed by atoms with Crippen molar-refractivity contribution in [3.63, 3.8) is 0 Å². The normalized spacial score (nSPS) is 11.8. The Morgan fingerprint density at radius 1 is 0.960 bits per heavy atom. The maximum atomic E-state index is 13.9. The molecule has 0 fully saturated rings. The molecule has 0 aliphatic rings. The Hall–Kier alpha value is -2.74. The van der Waals surface area contributed by atoms with Gasteiger partial charge < -0.3 is 9.84 Å². The molecule has 0 radical (unpaired) electrons. The second-order valence-electron chi connectivity index (χ2n) is 5.20. The highest BCUT2D eigenvalue weighted by Gasteiger charge is 2.32. The highest BCUT2D eigenvalue weighted by molar-refractivity contribution is 5.80. The monoisotopic (exact) mass is 355 g/mol. The molecular weight excluding hydrogens is 345 g/mol. The number of ether oxygens (including phenoxy) is 1. The molecule has 0 unspecified atom stereocenters. The van der Waals surface area contributed by atoms with Crippen molar-refractivity contribution >= 4 is 10.9 Å². The van der Waals surface area contributed by atoms with E-state index >= 15 is 0 Å². The maximum Gasteiger partial charge on any atom is 0.433 e. The summed E-state index contributed by atoms with van der Waals surface area (Å²) >= 11 is 0. The van der Waals surface area contributed by atoms with Gasteiger partial charge in [0.2, 0.25) is 0 Å². The Morgan fingerprint density at radius 3 is 2.20 bits per heavy atom. The lowest BCUT2D eigenvalue weighted by Crippen LogP contribution is -2.07. The van der Waals surface area contributed by atoms with E-state index in [1.165, 1.54) is 18.2 Å². The highest BCUT2D eigenvalue weighted by atomic mass is 19.4. The molecule has 0 saturated heterocycles. The van der Waals surface area contributed by atoms with E-state index in [0.29, 0.717) is 5.39 Å². The largest absolute Gasteiger partial charge is 0.451 e. The molecule has 2 aromatic carbocycles. The summed E-state index contributed by atoms with van der Waals surface area (Å²) in [6.45, 7) is -0.547. The molecule has 0 spiro atoms. The van der Waals surface area contributed by atoms with E-state index in [0.717, 1.165) is 24.3 Å². The van der Waals surface area contributed by atoms with E-state index < -0.39 is 35.9 Å². The molecule has 0 atom stereocenters. The van der Waals surface area contributed by atoms with E-state index in [1.807, 2.05) is 0 Å². The molecule has 3 nitrogen and oxygen atoms in total. The van der Waals surface area contributed by atoms with E-state index in [2.05, 4.69) is 4.98 Å². The van der Waals surface area contributed by atoms with Crippen LogP contribution in [0.25, 0.3) is 10.9 Å². The fraction of sp³-hybridized carbons (Fsp3) is 0.118. The fourth-order valence-corrected chi connectivity index (χ4v) is 2.24. The molecule has 3 rings (SSSR count). The van der Waals surface area contributed by atoms with Crippen molar-refractivity contribution in [2.45, 2.75) is 12.8 Å². The molecular formula is C17H10F5NO2. The maximum absolute atomic E-state index is 13.9. The molecule has 1 heterocycles. The summed E-state index contributed by atoms with van der Waals surface area (Å²) in [5, 5.41) is 9.32. The van der Waals surface area contributed by atoms with Gasteiger partial charge >= 0.3 is 6.18 Å². The summed E-state index contributed by atoms with van der Waals surface area (Å²) in [4.78, 5) is 3.50. The standard InChI is InChI=1S/C17H10F5NO2/c18-12-5-9(8-24)6-13(19)16(12)25-11-3-1-10-2-4-15(17(20,21)22)23-14(10)7-11/h1-7,24H,8H2. The average molecular weight is 355 g/mol. The van der Waals surface area contributed by atoms with Crippen molar-refractivity contribution < 1.29 is 31.8 Å². The van der Waals surface area contributed by atoms with Crippen molar-refractivity contribution in [3.05, 3.63) is 65.4 Å². The lowest BCUT2D eigenvalue weighted by Gasteiger charge is -2.11. The molecule has 0 saturated carbocycles. The summed E-state index contributed by atoms with van der Waals surface area (Å²) in [5.41, 5.74) is -1.08. The lowest BCUT2D eigenvalue weighted by atomic mass is 10.2. The quantitative estimate of drug-likeness (QED) is 0.685. The van der Waals surface area contributed by atoms with Gasteiger partial charge in [-0.15, -0.1) is 0 Å². The van der Waals surface area contributed by atoms with Crippen LogP contribution in [-0.2, 0) is 12.8 Å². The Labute approximate surface area is 138 Å². The lowest BCUT2D eigenvalue weighted by molar-refractivity contribution is -0.140. The second-order valence-corrected chi connectivity index (χ2v) is 5.20. The van der Waals surface area contributed by atoms with Crippen molar-refractivity contribution in [2.75, 3.05) is 0 Å². The van der Waals surface area contributed by atoms with Gasteiger partial charge in [-0.05, 0) is 35.9 Å². The van der Waals surface area contributed by atoms with Gasteiger partial charge in [-0.2, -0.15) is 13.2 Å². The zero-order valence-electron chi connectivity index (χ0n) is 12.4. The molecule has 1 aromatic heterocycles. The van der Waals surface area contributed by atoms with Crippen LogP contribution in [0.4, 0.5) is 22.0 Å². The van der Waals surface area contributed by atoms with Gasteiger partial charge in [-0.3, -0.25) is 0 Å². The molecule has 130 valence electrons. The van der Waals surface area contributed by atoms with E-state index in [4.69, 9.17) is 9.84 Å². The smallest absolute Gasteiger partial charge is 0.433 e. The van der Waals surface area contributed by atoms with E-state index in [1.54, 1.807) is 0 Å². The van der Waals surface area contributed by atoms with Crippen LogP contribution in [0.15, 0.2) is 42.5 Å². The van der Waals surface area contributed by atoms with Gasteiger partial charge in [0.25, 0.3) is 0 Å². The van der Waals surface area contributed by atoms with Gasteiger partial charge in [-0.1, -0.05) is 6.07 Å². The van der Waals surface area contributed by atoms with Gasteiger partial charge in [0.15, 0.2) is 17.4 Å². The molecule has 0 aliphatic carbocycles. The number of aliphatic hydroxyl groups excluding tert-OH is 1. The molecule has 1 N–H and O–H groups in total. The average Bonchev–Trinajstić information content (AvgIpc) is 2.56. The van der Waals surface area contributed by atoms with E-state index in [9.17, 15) is 22.0 Å². The number of hydrogen-bond donors (Lipinski definition) is 1. The first-order chi connectivity index (χ1) is 11.8. The van der Waals surface area contributed by atoms with Crippen LogP contribution in [0.2, 0.25) is 0 Å². The first-order valence-electron chi connectivity index (χ1n) is 7.02. The molecule has 0 bridgehead atoms. The number of alkyl halides is 3. The second kappa shape index (κ2) is 6.29. The predicted molar refractivity (Wildman–Crippen MR) is 79.1 cm³/mol. The van der Waals surface area contributed by atoms with Crippen molar-refractivity contribution in [2.24, 2.45) is 0 Å². The fourth-order valence-electron chi connectivity index (χ4n) is 2.24. The minimum absolute atomic E-state index is 0.0253. The van der Waals surface area contributed by atoms with Crippen LogP contribution in [0, 0.1) is 11.6 Å². The molecule has 0 amide bonds. The zero-order chi connectivity index (χ0) is 18.2. The van der Waals surface area contributed by atoms with Crippen LogP contribution in [0.3, 0.4) is 0 Å². The number of nitrogens with zero attached hydrogens (tertiary/aromatic N) is 1. The summed E-state index contributed by atoms with van der Waals surface area (Å²) in [6.07, 6.45) is -4.61. The van der Waals surface area contributed by atoms with Gasteiger partial charge in [0.05, 0.1) is 12.1 Å². The molecule has 0 aliphatic heterocycles. The van der Waals surface area contributed by atoms with Crippen LogP contribution < -0.4 is 4.74 Å². The number of rotatable bonds is 3. The van der Waals surface area contributed by atoms with Crippen LogP contribution in [0.1, 0.15) is 11.3 Å². The summed E-state index contributed by atoms with van der Waals surface area (Å²) in [7, 11) is 0. The third-order valence-corrected chi connectivity index (χ3v) is 3.41. The van der Waals surface area contributed by atoms with Crippen LogP contribution in [0.5, 0.6) is 11.5 Å². The number of aromatic nitrogens is 1. The summed E-state index contributed by atoms with van der Waals surface area (Å²) < 4.78 is 71.1. The number of hydrogen-bond acceptors (Lipinski definition) is 3.